The van der Waals surface area contributed by atoms with Crippen molar-refractivity contribution in [1.29, 1.82) is 0 Å². The Morgan fingerprint density at radius 1 is 1.37 bits per heavy atom. The first-order chi connectivity index (χ1) is 14.3. The molecule has 8 heteroatoms. The van der Waals surface area contributed by atoms with Gasteiger partial charge in [-0.1, -0.05) is 31.2 Å². The van der Waals surface area contributed by atoms with Crippen LogP contribution in [0.5, 0.6) is 0 Å². The summed E-state index contributed by atoms with van der Waals surface area (Å²) in [6, 6.07) is 8.54. The third kappa shape index (κ3) is 3.56. The predicted octanol–water partition coefficient (Wildman–Crippen LogP) is 1.70. The summed E-state index contributed by atoms with van der Waals surface area (Å²) in [6.45, 7) is 5.20. The van der Waals surface area contributed by atoms with Crippen LogP contribution in [0.1, 0.15) is 37.4 Å². The Kier molecular flexibility index (Phi) is 5.94. The molecule has 0 saturated carbocycles. The Hall–Kier alpha value is -1.87. The van der Waals surface area contributed by atoms with Gasteiger partial charge in [-0.15, -0.1) is 11.8 Å². The number of β-lactam (4-membered cyclic amide) rings is 1. The number of carbonyl (C=O) groups excluding carboxylic acids is 1. The average molecular weight is 432 g/mol. The molecule has 2 saturated heterocycles. The van der Waals surface area contributed by atoms with Crippen molar-refractivity contribution in [1.82, 2.24) is 15.5 Å². The number of thioether (sulfide) groups is 1. The van der Waals surface area contributed by atoms with Gasteiger partial charge in [0.1, 0.15) is 5.70 Å². The first-order valence-electron chi connectivity index (χ1n) is 10.5. The van der Waals surface area contributed by atoms with Gasteiger partial charge in [-0.3, -0.25) is 4.79 Å². The van der Waals surface area contributed by atoms with Gasteiger partial charge in [-0.25, -0.2) is 4.79 Å². The third-order valence-corrected chi connectivity index (χ3v) is 7.97. The molecule has 0 aliphatic carbocycles. The summed E-state index contributed by atoms with van der Waals surface area (Å²) in [5, 5.41) is 26.7. The van der Waals surface area contributed by atoms with E-state index in [4.69, 9.17) is 0 Å². The van der Waals surface area contributed by atoms with Crippen molar-refractivity contribution < 1.29 is 19.8 Å². The van der Waals surface area contributed by atoms with Gasteiger partial charge in [0.25, 0.3) is 0 Å². The molecule has 2 fully saturated rings. The Morgan fingerprint density at radius 3 is 2.67 bits per heavy atom. The zero-order valence-corrected chi connectivity index (χ0v) is 18.3. The zero-order valence-electron chi connectivity index (χ0n) is 17.5. The lowest BCUT2D eigenvalue weighted by Crippen LogP contribution is -2.63. The van der Waals surface area contributed by atoms with E-state index < -0.39 is 18.0 Å². The number of nitrogens with zero attached hydrogens (tertiary/aromatic N) is 1. The Labute approximate surface area is 180 Å². The molecular formula is C22H29N3O4S. The fraction of sp³-hybridized carbons (Fsp3) is 0.545. The predicted molar refractivity (Wildman–Crippen MR) is 116 cm³/mol. The molecule has 0 radical (unpaired) electrons. The van der Waals surface area contributed by atoms with Crippen molar-refractivity contribution in [3.05, 3.63) is 46.0 Å². The molecule has 3 heterocycles. The summed E-state index contributed by atoms with van der Waals surface area (Å²) in [6.07, 6.45) is 0.126. The molecular weight excluding hydrogens is 402 g/mol. The van der Waals surface area contributed by atoms with E-state index in [9.17, 15) is 19.8 Å². The number of benzene rings is 1. The van der Waals surface area contributed by atoms with Gasteiger partial charge in [0.2, 0.25) is 5.91 Å². The summed E-state index contributed by atoms with van der Waals surface area (Å²) < 4.78 is 0. The van der Waals surface area contributed by atoms with E-state index in [0.717, 1.165) is 24.4 Å². The molecule has 0 spiro atoms. The summed E-state index contributed by atoms with van der Waals surface area (Å²) in [7, 11) is 1.93. The van der Waals surface area contributed by atoms with Crippen molar-refractivity contribution in [2.24, 2.45) is 11.8 Å². The molecule has 6 atom stereocenters. The van der Waals surface area contributed by atoms with Crippen LogP contribution in [0.15, 0.2) is 34.9 Å². The number of aliphatic hydroxyl groups excluding tert-OH is 1. The number of aliphatic hydroxyl groups is 1. The Bertz CT molecular complexity index is 870. The number of carbonyl (C=O) groups is 2. The van der Waals surface area contributed by atoms with Gasteiger partial charge in [-0.05, 0) is 31.5 Å². The number of carboxylic acid groups (broad SMARTS) is 1. The van der Waals surface area contributed by atoms with Gasteiger partial charge >= 0.3 is 5.97 Å². The van der Waals surface area contributed by atoms with Crippen molar-refractivity contribution in [3.63, 3.8) is 0 Å². The lowest BCUT2D eigenvalue weighted by Gasteiger charge is -2.46. The summed E-state index contributed by atoms with van der Waals surface area (Å²) >= 11 is 1.58. The van der Waals surface area contributed by atoms with Gasteiger partial charge in [-0.2, -0.15) is 0 Å². The third-order valence-electron chi connectivity index (χ3n) is 6.46. The molecule has 1 aromatic rings. The zero-order chi connectivity index (χ0) is 21.6. The number of nitrogens with one attached hydrogen (secondary N) is 2. The maximum absolute atomic E-state index is 12.5. The van der Waals surface area contributed by atoms with Crippen molar-refractivity contribution in [2.45, 2.75) is 50.3 Å². The average Bonchev–Trinajstić information content (AvgIpc) is 3.25. The van der Waals surface area contributed by atoms with Crippen LogP contribution in [0.3, 0.4) is 0 Å². The first kappa shape index (κ1) is 21.4. The molecule has 1 unspecified atom stereocenters. The summed E-state index contributed by atoms with van der Waals surface area (Å²) in [5.74, 6) is -1.94. The number of aliphatic carboxylic acids is 1. The number of hydrogen-bond acceptors (Lipinski definition) is 6. The van der Waals surface area contributed by atoms with Crippen LogP contribution in [0, 0.1) is 11.8 Å². The molecule has 0 aromatic heterocycles. The van der Waals surface area contributed by atoms with E-state index in [2.05, 4.69) is 34.9 Å². The van der Waals surface area contributed by atoms with E-state index in [1.807, 2.05) is 14.0 Å². The van der Waals surface area contributed by atoms with Gasteiger partial charge in [0.05, 0.1) is 18.1 Å². The van der Waals surface area contributed by atoms with Crippen LogP contribution in [-0.2, 0) is 16.1 Å². The number of fused-ring (bicyclic) bond motifs is 1. The minimum Gasteiger partial charge on any atom is -0.477 e. The van der Waals surface area contributed by atoms with E-state index in [-0.39, 0.29) is 34.9 Å². The van der Waals surface area contributed by atoms with E-state index >= 15 is 0 Å². The number of rotatable bonds is 7. The highest BCUT2D eigenvalue weighted by atomic mass is 32.2. The monoisotopic (exact) mass is 431 g/mol. The van der Waals surface area contributed by atoms with Crippen LogP contribution in [0.2, 0.25) is 0 Å². The van der Waals surface area contributed by atoms with Crippen LogP contribution >= 0.6 is 11.8 Å². The lowest BCUT2D eigenvalue weighted by molar-refractivity contribution is -0.163. The highest BCUT2D eigenvalue weighted by Crippen LogP contribution is 2.52. The fourth-order valence-corrected chi connectivity index (χ4v) is 6.46. The largest absolute Gasteiger partial charge is 0.477 e. The molecule has 162 valence electrons. The van der Waals surface area contributed by atoms with Crippen LogP contribution in [0.25, 0.3) is 0 Å². The number of amides is 1. The van der Waals surface area contributed by atoms with Gasteiger partial charge < -0.3 is 25.7 Å². The molecule has 1 amide bonds. The van der Waals surface area contributed by atoms with Crippen molar-refractivity contribution >= 4 is 23.6 Å². The second kappa shape index (κ2) is 8.34. The quantitative estimate of drug-likeness (QED) is 0.488. The van der Waals surface area contributed by atoms with Crippen LogP contribution in [-0.4, -0.2) is 58.0 Å². The highest BCUT2D eigenvalue weighted by molar-refractivity contribution is 8.03. The topological polar surface area (TPSA) is 102 Å². The van der Waals surface area contributed by atoms with E-state index in [0.29, 0.717) is 0 Å². The summed E-state index contributed by atoms with van der Waals surface area (Å²) in [4.78, 5) is 26.6. The van der Waals surface area contributed by atoms with Crippen LogP contribution < -0.4 is 10.6 Å². The molecule has 4 rings (SSSR count). The van der Waals surface area contributed by atoms with Crippen molar-refractivity contribution in [3.8, 4) is 0 Å². The SMILES string of the molecule is CNCc1ccc([C@H]2C[C@H](SC3=C(C(=O)O)N4C(=O)C([C@@H](C)O)[C@H]4[C@H]3C)CN2)cc1. The van der Waals surface area contributed by atoms with Crippen LogP contribution in [0.4, 0.5) is 0 Å². The second-order valence-electron chi connectivity index (χ2n) is 8.48. The van der Waals surface area contributed by atoms with Gasteiger partial charge in [0.15, 0.2) is 0 Å². The smallest absolute Gasteiger partial charge is 0.353 e. The molecule has 30 heavy (non-hydrogen) atoms. The lowest BCUT2D eigenvalue weighted by atomic mass is 9.79. The molecule has 3 aliphatic heterocycles. The maximum Gasteiger partial charge on any atom is 0.353 e. The number of hydrogen-bond donors (Lipinski definition) is 4. The Morgan fingerprint density at radius 2 is 2.07 bits per heavy atom. The summed E-state index contributed by atoms with van der Waals surface area (Å²) in [5.41, 5.74) is 2.58. The van der Waals surface area contributed by atoms with Gasteiger partial charge in [0, 0.05) is 35.2 Å². The normalized spacial score (nSPS) is 31.7. The molecule has 0 bridgehead atoms. The second-order valence-corrected chi connectivity index (χ2v) is 9.82. The minimum atomic E-state index is -1.06. The molecule has 3 aliphatic rings. The Balaban J connectivity index is 1.47. The maximum atomic E-state index is 12.5. The van der Waals surface area contributed by atoms with E-state index in [1.54, 1.807) is 18.7 Å². The molecule has 4 N–H and O–H groups in total. The fourth-order valence-electron chi connectivity index (χ4n) is 4.98. The minimum absolute atomic E-state index is 0.0849. The first-order valence-corrected chi connectivity index (χ1v) is 11.3. The highest BCUT2D eigenvalue weighted by Gasteiger charge is 2.60. The molecule has 7 nitrogen and oxygen atoms in total. The number of carboxylic acids is 1. The standard InChI is InChI=1S/C22H29N3O4S/c1-11-18-17(12(2)26)21(27)25(18)19(22(28)29)20(11)30-15-8-16(24-10-15)14-6-4-13(5-7-14)9-23-3/h4-7,11-12,15-18,23-24,26H,8-10H2,1-3H3,(H,28,29)/t11-,12-,15+,16-,17?,18-/m1/s1. The van der Waals surface area contributed by atoms with E-state index in [1.165, 1.54) is 16.0 Å². The van der Waals surface area contributed by atoms with Crippen molar-refractivity contribution in [2.75, 3.05) is 13.6 Å². The molecule has 1 aromatic carbocycles.